The average Bonchev–Trinajstić information content (AvgIpc) is 3.02. The van der Waals surface area contributed by atoms with Crippen LogP contribution in [0.4, 0.5) is 0 Å². The van der Waals surface area contributed by atoms with Crippen LogP contribution in [0.15, 0.2) is 95.5 Å². The Balaban J connectivity index is 1.71. The van der Waals surface area contributed by atoms with E-state index < -0.39 is 0 Å². The molecule has 0 N–H and O–H groups in total. The molecule has 1 aromatic heterocycles. The number of hydrogen-bond donors (Lipinski definition) is 0. The van der Waals surface area contributed by atoms with E-state index in [0.29, 0.717) is 0 Å². The zero-order valence-electron chi connectivity index (χ0n) is 15.0. The van der Waals surface area contributed by atoms with Gasteiger partial charge in [0.1, 0.15) is 0 Å². The van der Waals surface area contributed by atoms with Gasteiger partial charge in [-0.15, -0.1) is 0 Å². The SMILES string of the molecule is Cc1cccc(-c2ccc(-n3c4ccccc4c4cc(Br)ccc43)cc2)c1. The molecule has 0 fully saturated rings. The van der Waals surface area contributed by atoms with Gasteiger partial charge in [-0.05, 0) is 54.4 Å². The zero-order valence-corrected chi connectivity index (χ0v) is 16.6. The van der Waals surface area contributed by atoms with Crippen molar-refractivity contribution >= 4 is 37.7 Å². The molecule has 0 aliphatic rings. The van der Waals surface area contributed by atoms with E-state index in [0.717, 1.165) is 4.47 Å². The molecule has 0 aliphatic carbocycles. The lowest BCUT2D eigenvalue weighted by Crippen LogP contribution is -1.93. The van der Waals surface area contributed by atoms with Gasteiger partial charge >= 0.3 is 0 Å². The number of para-hydroxylation sites is 1. The normalized spacial score (nSPS) is 11.3. The molecule has 0 amide bonds. The summed E-state index contributed by atoms with van der Waals surface area (Å²) in [5.74, 6) is 0. The molecule has 4 aromatic carbocycles. The van der Waals surface area contributed by atoms with Crippen molar-refractivity contribution in [1.29, 1.82) is 0 Å². The van der Waals surface area contributed by atoms with Crippen LogP contribution in [0.1, 0.15) is 5.56 Å². The quantitative estimate of drug-likeness (QED) is 0.283. The molecular weight excluding hydrogens is 394 g/mol. The van der Waals surface area contributed by atoms with Crippen molar-refractivity contribution in [3.05, 3.63) is 101 Å². The largest absolute Gasteiger partial charge is 0.309 e. The first-order valence-corrected chi connectivity index (χ1v) is 9.86. The minimum Gasteiger partial charge on any atom is -0.309 e. The smallest absolute Gasteiger partial charge is 0.0541 e. The van der Waals surface area contributed by atoms with Crippen LogP contribution in [0.5, 0.6) is 0 Å². The van der Waals surface area contributed by atoms with Crippen molar-refractivity contribution in [2.24, 2.45) is 0 Å². The van der Waals surface area contributed by atoms with E-state index in [-0.39, 0.29) is 0 Å². The maximum atomic E-state index is 3.62. The standard InChI is InChI=1S/C25H18BrN/c1-17-5-4-6-19(15-17)18-9-12-21(13-10-18)27-24-8-3-2-7-22(24)23-16-20(26)11-14-25(23)27/h2-16H,1H3. The van der Waals surface area contributed by atoms with Gasteiger partial charge in [0.25, 0.3) is 0 Å². The van der Waals surface area contributed by atoms with Crippen molar-refractivity contribution in [2.45, 2.75) is 6.92 Å². The number of aryl methyl sites for hydroxylation is 1. The third-order valence-corrected chi connectivity index (χ3v) is 5.60. The predicted octanol–water partition coefficient (Wildman–Crippen LogP) is 7.52. The molecule has 27 heavy (non-hydrogen) atoms. The fourth-order valence-corrected chi connectivity index (χ4v) is 4.21. The maximum absolute atomic E-state index is 3.62. The molecule has 0 radical (unpaired) electrons. The molecule has 0 saturated heterocycles. The molecule has 0 bridgehead atoms. The van der Waals surface area contributed by atoms with Crippen LogP contribution in [0.25, 0.3) is 38.6 Å². The highest BCUT2D eigenvalue weighted by atomic mass is 79.9. The number of rotatable bonds is 2. The summed E-state index contributed by atoms with van der Waals surface area (Å²) in [5, 5.41) is 2.54. The monoisotopic (exact) mass is 411 g/mol. The second-order valence-electron chi connectivity index (χ2n) is 6.93. The number of hydrogen-bond acceptors (Lipinski definition) is 0. The molecule has 5 rings (SSSR count). The van der Waals surface area contributed by atoms with E-state index >= 15 is 0 Å². The summed E-state index contributed by atoms with van der Waals surface area (Å²) in [7, 11) is 0. The summed E-state index contributed by atoms with van der Waals surface area (Å²) in [4.78, 5) is 0. The van der Waals surface area contributed by atoms with E-state index in [2.05, 4.69) is 118 Å². The van der Waals surface area contributed by atoms with Gasteiger partial charge in [0.2, 0.25) is 0 Å². The number of fused-ring (bicyclic) bond motifs is 3. The van der Waals surface area contributed by atoms with Gasteiger partial charge in [-0.3, -0.25) is 0 Å². The molecule has 0 atom stereocenters. The molecule has 0 saturated carbocycles. The number of halogens is 1. The summed E-state index contributed by atoms with van der Waals surface area (Å²) < 4.78 is 3.45. The van der Waals surface area contributed by atoms with Crippen molar-refractivity contribution in [1.82, 2.24) is 4.57 Å². The molecule has 5 aromatic rings. The third kappa shape index (κ3) is 2.77. The lowest BCUT2D eigenvalue weighted by molar-refractivity contribution is 1.18. The first-order chi connectivity index (χ1) is 13.2. The molecular formula is C25H18BrN. The first kappa shape index (κ1) is 16.3. The predicted molar refractivity (Wildman–Crippen MR) is 119 cm³/mol. The number of nitrogens with zero attached hydrogens (tertiary/aromatic N) is 1. The molecule has 0 spiro atoms. The number of aromatic nitrogens is 1. The van der Waals surface area contributed by atoms with E-state index in [9.17, 15) is 0 Å². The summed E-state index contributed by atoms with van der Waals surface area (Å²) in [6.45, 7) is 2.13. The van der Waals surface area contributed by atoms with Gasteiger partial charge < -0.3 is 4.57 Å². The molecule has 0 aliphatic heterocycles. The Kier molecular flexibility index (Phi) is 3.87. The van der Waals surface area contributed by atoms with Gasteiger partial charge in [-0.2, -0.15) is 0 Å². The van der Waals surface area contributed by atoms with Crippen LogP contribution < -0.4 is 0 Å². The van der Waals surface area contributed by atoms with Crippen LogP contribution in [0, 0.1) is 6.92 Å². The zero-order chi connectivity index (χ0) is 18.4. The molecule has 0 unspecified atom stereocenters. The van der Waals surface area contributed by atoms with Crippen molar-refractivity contribution < 1.29 is 0 Å². The van der Waals surface area contributed by atoms with E-state index in [4.69, 9.17) is 0 Å². The minimum absolute atomic E-state index is 1.10. The van der Waals surface area contributed by atoms with Crippen molar-refractivity contribution in [2.75, 3.05) is 0 Å². The second-order valence-corrected chi connectivity index (χ2v) is 7.85. The highest BCUT2D eigenvalue weighted by Gasteiger charge is 2.12. The topological polar surface area (TPSA) is 4.93 Å². The highest BCUT2D eigenvalue weighted by molar-refractivity contribution is 9.10. The van der Waals surface area contributed by atoms with E-state index in [1.807, 2.05) is 0 Å². The Morgan fingerprint density at radius 3 is 2.22 bits per heavy atom. The Labute approximate surface area is 167 Å². The van der Waals surface area contributed by atoms with Gasteiger partial charge in [-0.25, -0.2) is 0 Å². The lowest BCUT2D eigenvalue weighted by Gasteiger charge is -2.10. The molecule has 1 heterocycles. The number of benzene rings is 4. The van der Waals surface area contributed by atoms with Crippen LogP contribution in [-0.4, -0.2) is 4.57 Å². The third-order valence-electron chi connectivity index (χ3n) is 5.11. The second kappa shape index (κ2) is 6.40. The summed E-state index contributed by atoms with van der Waals surface area (Å²) in [5.41, 5.74) is 7.42. The van der Waals surface area contributed by atoms with Crippen molar-refractivity contribution in [3.8, 4) is 16.8 Å². The minimum atomic E-state index is 1.10. The van der Waals surface area contributed by atoms with Crippen LogP contribution in [-0.2, 0) is 0 Å². The Morgan fingerprint density at radius 1 is 0.630 bits per heavy atom. The fraction of sp³-hybridized carbons (Fsp3) is 0.0400. The Bertz CT molecular complexity index is 1280. The van der Waals surface area contributed by atoms with Gasteiger partial charge in [0.15, 0.2) is 0 Å². The summed E-state index contributed by atoms with van der Waals surface area (Å²) >= 11 is 3.62. The van der Waals surface area contributed by atoms with E-state index in [1.54, 1.807) is 0 Å². The molecule has 130 valence electrons. The molecule has 1 nitrogen and oxygen atoms in total. The first-order valence-electron chi connectivity index (χ1n) is 9.07. The maximum Gasteiger partial charge on any atom is 0.0541 e. The lowest BCUT2D eigenvalue weighted by atomic mass is 10.0. The Morgan fingerprint density at radius 2 is 1.41 bits per heavy atom. The van der Waals surface area contributed by atoms with Crippen molar-refractivity contribution in [3.63, 3.8) is 0 Å². The van der Waals surface area contributed by atoms with Crippen LogP contribution in [0.3, 0.4) is 0 Å². The average molecular weight is 412 g/mol. The van der Waals surface area contributed by atoms with Crippen LogP contribution in [0.2, 0.25) is 0 Å². The Hall–Kier alpha value is -2.84. The van der Waals surface area contributed by atoms with Crippen LogP contribution >= 0.6 is 15.9 Å². The fourth-order valence-electron chi connectivity index (χ4n) is 3.85. The molecule has 2 heteroatoms. The summed E-state index contributed by atoms with van der Waals surface area (Å²) in [6.07, 6.45) is 0. The van der Waals surface area contributed by atoms with E-state index in [1.165, 1.54) is 44.2 Å². The highest BCUT2D eigenvalue weighted by Crippen LogP contribution is 2.34. The van der Waals surface area contributed by atoms with Gasteiger partial charge in [0.05, 0.1) is 11.0 Å². The summed E-state index contributed by atoms with van der Waals surface area (Å²) in [6, 6.07) is 32.6. The van der Waals surface area contributed by atoms with Gasteiger partial charge in [-0.1, -0.05) is 76.1 Å². The van der Waals surface area contributed by atoms with Gasteiger partial charge in [0, 0.05) is 20.9 Å².